The van der Waals surface area contributed by atoms with E-state index in [1.54, 1.807) is 6.08 Å². The van der Waals surface area contributed by atoms with Crippen LogP contribution in [0.1, 0.15) is 27.2 Å². The highest BCUT2D eigenvalue weighted by molar-refractivity contribution is 5.05. The number of hydrogen-bond acceptors (Lipinski definition) is 2. The Kier molecular flexibility index (Phi) is 5.57. The zero-order chi connectivity index (χ0) is 8.69. The first kappa shape index (κ1) is 10.2. The lowest BCUT2D eigenvalue weighted by Crippen LogP contribution is -2.14. The predicted molar refractivity (Wildman–Crippen MR) is 47.9 cm³/mol. The van der Waals surface area contributed by atoms with E-state index < -0.39 is 0 Å². The topological polar surface area (TPSA) is 21.3 Å². The van der Waals surface area contributed by atoms with Crippen LogP contribution >= 0.6 is 0 Å². The van der Waals surface area contributed by atoms with Crippen LogP contribution in [0.2, 0.25) is 0 Å². The lowest BCUT2D eigenvalue weighted by atomic mass is 10.2. The second-order valence-electron chi connectivity index (χ2n) is 2.53. The molecule has 0 aromatic heterocycles. The van der Waals surface area contributed by atoms with E-state index in [-0.39, 0.29) is 0 Å². The van der Waals surface area contributed by atoms with Crippen LogP contribution in [0, 0.1) is 0 Å². The molecule has 0 bridgehead atoms. The fourth-order valence-corrected chi connectivity index (χ4v) is 0.715. The summed E-state index contributed by atoms with van der Waals surface area (Å²) < 4.78 is 0. The monoisotopic (exact) mass is 155 g/mol. The highest BCUT2D eigenvalue weighted by atomic mass is 16.6. The molecule has 0 heterocycles. The molecule has 0 aliphatic heterocycles. The molecule has 0 fully saturated rings. The van der Waals surface area contributed by atoms with Gasteiger partial charge in [0.2, 0.25) is 0 Å². The van der Waals surface area contributed by atoms with Gasteiger partial charge < -0.3 is 0 Å². The van der Waals surface area contributed by atoms with Crippen molar-refractivity contribution in [3.8, 4) is 0 Å². The third-order valence-corrected chi connectivity index (χ3v) is 1.35. The Hall–Kier alpha value is -0.760. The first-order chi connectivity index (χ1) is 5.22. The van der Waals surface area contributed by atoms with Crippen LogP contribution in [-0.2, 0) is 4.84 Å². The molecule has 0 amide bonds. The van der Waals surface area contributed by atoms with E-state index in [2.05, 4.69) is 32.8 Å². The van der Waals surface area contributed by atoms with Gasteiger partial charge in [-0.1, -0.05) is 18.6 Å². The second kappa shape index (κ2) is 5.98. The third kappa shape index (κ3) is 4.62. The van der Waals surface area contributed by atoms with Crippen molar-refractivity contribution in [3.05, 3.63) is 23.9 Å². The molecule has 11 heavy (non-hydrogen) atoms. The van der Waals surface area contributed by atoms with Gasteiger partial charge in [-0.05, 0) is 20.3 Å². The second-order valence-corrected chi connectivity index (χ2v) is 2.53. The Bertz CT molecular complexity index is 146. The van der Waals surface area contributed by atoms with Crippen LogP contribution in [0.25, 0.3) is 0 Å². The van der Waals surface area contributed by atoms with Crippen molar-refractivity contribution in [2.24, 2.45) is 0 Å². The molecule has 0 aliphatic rings. The predicted octanol–water partition coefficient (Wildman–Crippen LogP) is 2.40. The van der Waals surface area contributed by atoms with Gasteiger partial charge >= 0.3 is 0 Å². The molecule has 0 spiro atoms. The third-order valence-electron chi connectivity index (χ3n) is 1.35. The van der Waals surface area contributed by atoms with Gasteiger partial charge in [0.15, 0.2) is 0 Å². The summed E-state index contributed by atoms with van der Waals surface area (Å²) in [4.78, 5) is 5.07. The standard InChI is InChI=1S/C9H17NO/c1-5-7-11-10-9(6-2)8(3)4/h5,10H,1,6-7H2,2-4H3. The fourth-order valence-electron chi connectivity index (χ4n) is 0.715. The van der Waals surface area contributed by atoms with Crippen molar-refractivity contribution < 1.29 is 4.84 Å². The minimum Gasteiger partial charge on any atom is -0.272 e. The summed E-state index contributed by atoms with van der Waals surface area (Å²) in [6.07, 6.45) is 2.69. The summed E-state index contributed by atoms with van der Waals surface area (Å²) in [5, 5.41) is 0. The molecule has 0 saturated heterocycles. The molecular weight excluding hydrogens is 138 g/mol. The molecule has 0 aromatic carbocycles. The van der Waals surface area contributed by atoms with Crippen LogP contribution in [0.4, 0.5) is 0 Å². The van der Waals surface area contributed by atoms with Crippen molar-refractivity contribution in [1.82, 2.24) is 5.48 Å². The van der Waals surface area contributed by atoms with Gasteiger partial charge in [-0.15, -0.1) is 6.58 Å². The summed E-state index contributed by atoms with van der Waals surface area (Å²) in [5.41, 5.74) is 5.28. The van der Waals surface area contributed by atoms with E-state index in [4.69, 9.17) is 4.84 Å². The first-order valence-corrected chi connectivity index (χ1v) is 3.87. The normalized spacial score (nSPS) is 9.00. The maximum atomic E-state index is 5.07. The molecular formula is C9H17NO. The number of allylic oxidation sites excluding steroid dienone is 2. The maximum Gasteiger partial charge on any atom is 0.0924 e. The molecule has 2 nitrogen and oxygen atoms in total. The summed E-state index contributed by atoms with van der Waals surface area (Å²) >= 11 is 0. The van der Waals surface area contributed by atoms with E-state index in [0.29, 0.717) is 6.61 Å². The average molecular weight is 155 g/mol. The SMILES string of the molecule is C=CCONC(CC)=C(C)C. The van der Waals surface area contributed by atoms with Crippen molar-refractivity contribution in [2.75, 3.05) is 6.61 Å². The highest BCUT2D eigenvalue weighted by Gasteiger charge is 1.93. The van der Waals surface area contributed by atoms with Gasteiger partial charge in [-0.2, -0.15) is 0 Å². The molecule has 0 atom stereocenters. The number of hydroxylamine groups is 1. The van der Waals surface area contributed by atoms with E-state index in [0.717, 1.165) is 12.1 Å². The Morgan fingerprint density at radius 2 is 2.18 bits per heavy atom. The van der Waals surface area contributed by atoms with Crippen LogP contribution < -0.4 is 5.48 Å². The molecule has 0 unspecified atom stereocenters. The van der Waals surface area contributed by atoms with E-state index in [1.165, 1.54) is 5.57 Å². The van der Waals surface area contributed by atoms with Gasteiger partial charge in [0, 0.05) is 5.70 Å². The Morgan fingerprint density at radius 1 is 1.55 bits per heavy atom. The van der Waals surface area contributed by atoms with Gasteiger partial charge in [-0.25, -0.2) is 0 Å². The molecule has 0 radical (unpaired) electrons. The summed E-state index contributed by atoms with van der Waals surface area (Å²) in [5.74, 6) is 0. The van der Waals surface area contributed by atoms with Crippen molar-refractivity contribution in [1.29, 1.82) is 0 Å². The van der Waals surface area contributed by atoms with E-state index >= 15 is 0 Å². The zero-order valence-corrected chi connectivity index (χ0v) is 7.61. The summed E-state index contributed by atoms with van der Waals surface area (Å²) in [7, 11) is 0. The number of rotatable bonds is 5. The minimum atomic E-state index is 0.538. The number of nitrogens with one attached hydrogen (secondary N) is 1. The average Bonchev–Trinajstić information content (AvgIpc) is 1.97. The number of hydrogen-bond donors (Lipinski definition) is 1. The van der Waals surface area contributed by atoms with Crippen LogP contribution in [0.5, 0.6) is 0 Å². The Labute approximate surface area is 68.9 Å². The largest absolute Gasteiger partial charge is 0.272 e. The van der Waals surface area contributed by atoms with Gasteiger partial charge in [0.05, 0.1) is 6.61 Å². The van der Waals surface area contributed by atoms with E-state index in [9.17, 15) is 0 Å². The molecule has 0 saturated carbocycles. The van der Waals surface area contributed by atoms with Crippen molar-refractivity contribution in [2.45, 2.75) is 27.2 Å². The quantitative estimate of drug-likeness (QED) is 0.374. The smallest absolute Gasteiger partial charge is 0.0924 e. The van der Waals surface area contributed by atoms with Gasteiger partial charge in [0.1, 0.15) is 0 Å². The Balaban J connectivity index is 3.71. The minimum absolute atomic E-state index is 0.538. The van der Waals surface area contributed by atoms with Crippen LogP contribution in [0.15, 0.2) is 23.9 Å². The van der Waals surface area contributed by atoms with Gasteiger partial charge in [0.25, 0.3) is 0 Å². The lowest BCUT2D eigenvalue weighted by molar-refractivity contribution is 0.0833. The molecule has 64 valence electrons. The van der Waals surface area contributed by atoms with Crippen LogP contribution in [0.3, 0.4) is 0 Å². The zero-order valence-electron chi connectivity index (χ0n) is 7.61. The first-order valence-electron chi connectivity index (χ1n) is 3.87. The Morgan fingerprint density at radius 3 is 2.55 bits per heavy atom. The maximum absolute atomic E-state index is 5.07. The van der Waals surface area contributed by atoms with Crippen molar-refractivity contribution >= 4 is 0 Å². The molecule has 0 rings (SSSR count). The molecule has 0 aliphatic carbocycles. The summed E-state index contributed by atoms with van der Waals surface area (Å²) in [6.45, 7) is 10.3. The molecule has 0 aromatic rings. The highest BCUT2D eigenvalue weighted by Crippen LogP contribution is 2.02. The fraction of sp³-hybridized carbons (Fsp3) is 0.556. The lowest BCUT2D eigenvalue weighted by Gasteiger charge is -2.09. The van der Waals surface area contributed by atoms with E-state index in [1.807, 2.05) is 0 Å². The molecule has 1 N–H and O–H groups in total. The van der Waals surface area contributed by atoms with Crippen LogP contribution in [-0.4, -0.2) is 6.61 Å². The van der Waals surface area contributed by atoms with Crippen molar-refractivity contribution in [3.63, 3.8) is 0 Å². The summed E-state index contributed by atoms with van der Waals surface area (Å²) in [6, 6.07) is 0. The van der Waals surface area contributed by atoms with Gasteiger partial charge in [-0.3, -0.25) is 10.3 Å². The molecule has 2 heteroatoms.